The number of carboxylic acid groups (broad SMARTS) is 1. The Hall–Kier alpha value is -2.08. The molecule has 2 unspecified atom stereocenters. The van der Waals surface area contributed by atoms with Gasteiger partial charge in [0, 0.05) is 31.0 Å². The van der Waals surface area contributed by atoms with Crippen molar-refractivity contribution in [3.63, 3.8) is 0 Å². The zero-order valence-electron chi connectivity index (χ0n) is 14.1. The van der Waals surface area contributed by atoms with Crippen LogP contribution >= 0.6 is 11.6 Å². The molecule has 0 saturated heterocycles. The van der Waals surface area contributed by atoms with Crippen molar-refractivity contribution in [1.82, 2.24) is 10.2 Å². The van der Waals surface area contributed by atoms with Crippen molar-refractivity contribution in [3.8, 4) is 0 Å². The molecular formula is C17H23ClN2O4. The largest absolute Gasteiger partial charge is 0.480 e. The molecule has 0 aliphatic carbocycles. The molecule has 0 spiro atoms. The zero-order valence-corrected chi connectivity index (χ0v) is 14.8. The third-order valence-corrected chi connectivity index (χ3v) is 4.11. The average molecular weight is 355 g/mol. The van der Waals surface area contributed by atoms with E-state index in [1.54, 1.807) is 13.0 Å². The highest BCUT2D eigenvalue weighted by molar-refractivity contribution is 6.31. The van der Waals surface area contributed by atoms with Crippen molar-refractivity contribution >= 4 is 29.4 Å². The number of halogens is 1. The van der Waals surface area contributed by atoms with Crippen LogP contribution in [-0.2, 0) is 20.8 Å². The highest BCUT2D eigenvalue weighted by Crippen LogP contribution is 2.20. The van der Waals surface area contributed by atoms with Gasteiger partial charge in [0.2, 0.25) is 11.8 Å². The summed E-state index contributed by atoms with van der Waals surface area (Å²) in [7, 11) is 0. The highest BCUT2D eigenvalue weighted by atomic mass is 35.5. The Labute approximate surface area is 146 Å². The van der Waals surface area contributed by atoms with Gasteiger partial charge in [0.1, 0.15) is 6.04 Å². The van der Waals surface area contributed by atoms with Gasteiger partial charge in [0.15, 0.2) is 0 Å². The lowest BCUT2D eigenvalue weighted by molar-refractivity contribution is -0.151. The first-order valence-electron chi connectivity index (χ1n) is 7.75. The Morgan fingerprint density at radius 2 is 1.88 bits per heavy atom. The van der Waals surface area contributed by atoms with E-state index in [9.17, 15) is 19.5 Å². The van der Waals surface area contributed by atoms with Gasteiger partial charge in [-0.1, -0.05) is 36.7 Å². The number of carboxylic acids is 1. The fourth-order valence-electron chi connectivity index (χ4n) is 2.34. The van der Waals surface area contributed by atoms with Gasteiger partial charge >= 0.3 is 5.97 Å². The normalized spacial score (nSPS) is 13.0. The van der Waals surface area contributed by atoms with Crippen LogP contribution in [0.25, 0.3) is 0 Å². The van der Waals surface area contributed by atoms with E-state index in [1.807, 2.05) is 18.2 Å². The first kappa shape index (κ1) is 20.0. The predicted octanol–water partition coefficient (Wildman–Crippen LogP) is 1.96. The van der Waals surface area contributed by atoms with Crippen LogP contribution in [0.5, 0.6) is 0 Å². The maximum atomic E-state index is 12.7. The molecule has 0 radical (unpaired) electrons. The van der Waals surface area contributed by atoms with E-state index < -0.39 is 17.9 Å². The lowest BCUT2D eigenvalue weighted by Gasteiger charge is -2.29. The van der Waals surface area contributed by atoms with Gasteiger partial charge in [-0.3, -0.25) is 9.59 Å². The molecule has 1 aromatic carbocycles. The van der Waals surface area contributed by atoms with E-state index in [2.05, 4.69) is 5.32 Å². The quantitative estimate of drug-likeness (QED) is 0.747. The van der Waals surface area contributed by atoms with Crippen molar-refractivity contribution in [3.05, 3.63) is 34.9 Å². The summed E-state index contributed by atoms with van der Waals surface area (Å²) in [6.07, 6.45) is 0.418. The van der Waals surface area contributed by atoms with Crippen molar-refractivity contribution in [2.45, 2.75) is 33.2 Å². The molecule has 0 heterocycles. The summed E-state index contributed by atoms with van der Waals surface area (Å²) >= 11 is 6.12. The summed E-state index contributed by atoms with van der Waals surface area (Å²) in [4.78, 5) is 36.2. The summed E-state index contributed by atoms with van der Waals surface area (Å²) in [5, 5.41) is 12.4. The topological polar surface area (TPSA) is 86.7 Å². The molecule has 1 rings (SSSR count). The van der Waals surface area contributed by atoms with Gasteiger partial charge < -0.3 is 15.3 Å². The van der Waals surface area contributed by atoms with Gasteiger partial charge in [-0.15, -0.1) is 0 Å². The molecule has 0 fully saturated rings. The van der Waals surface area contributed by atoms with E-state index in [0.717, 1.165) is 5.56 Å². The first-order valence-corrected chi connectivity index (χ1v) is 8.13. The van der Waals surface area contributed by atoms with Crippen LogP contribution < -0.4 is 5.32 Å². The lowest BCUT2D eigenvalue weighted by Crippen LogP contribution is -2.48. The molecular weight excluding hydrogens is 332 g/mol. The maximum Gasteiger partial charge on any atom is 0.326 e. The summed E-state index contributed by atoms with van der Waals surface area (Å²) in [5.41, 5.74) is 0.838. The second kappa shape index (κ2) is 9.27. The van der Waals surface area contributed by atoms with Crippen LogP contribution in [0.2, 0.25) is 5.02 Å². The molecule has 0 aromatic heterocycles. The molecule has 0 aliphatic rings. The number of rotatable bonds is 8. The number of hydrogen-bond acceptors (Lipinski definition) is 3. The number of aliphatic carboxylic acids is 1. The number of benzene rings is 1. The monoisotopic (exact) mass is 354 g/mol. The fraction of sp³-hybridized carbons (Fsp3) is 0.471. The summed E-state index contributed by atoms with van der Waals surface area (Å²) in [5.74, 6) is -2.02. The average Bonchev–Trinajstić information content (AvgIpc) is 2.52. The molecule has 6 nitrogen and oxygen atoms in total. The van der Waals surface area contributed by atoms with Crippen molar-refractivity contribution in [2.75, 3.05) is 13.1 Å². The van der Waals surface area contributed by atoms with Crippen molar-refractivity contribution in [1.29, 1.82) is 0 Å². The molecule has 1 aromatic rings. The maximum absolute atomic E-state index is 12.7. The van der Waals surface area contributed by atoms with E-state index in [4.69, 9.17) is 11.6 Å². The summed E-state index contributed by atoms with van der Waals surface area (Å²) in [6.45, 7) is 4.91. The van der Waals surface area contributed by atoms with Gasteiger partial charge in [-0.05, 0) is 25.0 Å². The summed E-state index contributed by atoms with van der Waals surface area (Å²) < 4.78 is 0. The predicted molar refractivity (Wildman–Crippen MR) is 91.8 cm³/mol. The van der Waals surface area contributed by atoms with Crippen molar-refractivity contribution in [2.24, 2.45) is 5.92 Å². The molecule has 0 bridgehead atoms. The Bertz CT molecular complexity index is 606. The van der Waals surface area contributed by atoms with E-state index in [-0.39, 0.29) is 24.9 Å². The van der Waals surface area contributed by atoms with Crippen LogP contribution in [0.15, 0.2) is 24.3 Å². The Morgan fingerprint density at radius 3 is 2.42 bits per heavy atom. The highest BCUT2D eigenvalue weighted by Gasteiger charge is 2.29. The Morgan fingerprint density at radius 1 is 1.25 bits per heavy atom. The molecule has 2 amide bonds. The minimum atomic E-state index is -1.09. The van der Waals surface area contributed by atoms with Crippen LogP contribution in [0, 0.1) is 5.92 Å². The SMILES string of the molecule is CC(=O)NCCN(C(=O)C(C)Cc1ccccc1Cl)C(C)C(=O)O. The standard InChI is InChI=1S/C17H23ClN2O4/c1-11(10-14-6-4-5-7-15(14)18)16(22)20(12(2)17(23)24)9-8-19-13(3)21/h4-7,11-12H,8-10H2,1-3H3,(H,19,21)(H,23,24). The Balaban J connectivity index is 2.83. The molecule has 7 heteroatoms. The van der Waals surface area contributed by atoms with E-state index in [1.165, 1.54) is 18.7 Å². The van der Waals surface area contributed by atoms with Crippen LogP contribution in [0.1, 0.15) is 26.3 Å². The third kappa shape index (κ3) is 5.85. The van der Waals surface area contributed by atoms with Crippen LogP contribution in [-0.4, -0.2) is 46.9 Å². The summed E-state index contributed by atoms with van der Waals surface area (Å²) in [6, 6.07) is 6.27. The van der Waals surface area contributed by atoms with Crippen molar-refractivity contribution < 1.29 is 19.5 Å². The number of carbonyl (C=O) groups excluding carboxylic acids is 2. The Kier molecular flexibility index (Phi) is 7.71. The minimum absolute atomic E-state index is 0.138. The van der Waals surface area contributed by atoms with Gasteiger partial charge in [-0.25, -0.2) is 4.79 Å². The number of hydrogen-bond donors (Lipinski definition) is 2. The lowest BCUT2D eigenvalue weighted by atomic mass is 9.99. The first-order chi connectivity index (χ1) is 11.2. The van der Waals surface area contributed by atoms with Gasteiger partial charge in [-0.2, -0.15) is 0 Å². The molecule has 2 N–H and O–H groups in total. The number of nitrogens with zero attached hydrogens (tertiary/aromatic N) is 1. The second-order valence-corrected chi connectivity index (χ2v) is 6.13. The molecule has 0 saturated carbocycles. The number of amides is 2. The molecule has 2 atom stereocenters. The third-order valence-electron chi connectivity index (χ3n) is 3.74. The zero-order chi connectivity index (χ0) is 18.3. The minimum Gasteiger partial charge on any atom is -0.480 e. The van der Waals surface area contributed by atoms with Gasteiger partial charge in [0.25, 0.3) is 0 Å². The number of nitrogens with one attached hydrogen (secondary N) is 1. The number of carbonyl (C=O) groups is 3. The fourth-order valence-corrected chi connectivity index (χ4v) is 2.56. The van der Waals surface area contributed by atoms with Gasteiger partial charge in [0.05, 0.1) is 0 Å². The second-order valence-electron chi connectivity index (χ2n) is 5.73. The van der Waals surface area contributed by atoms with Crippen LogP contribution in [0.4, 0.5) is 0 Å². The molecule has 24 heavy (non-hydrogen) atoms. The van der Waals surface area contributed by atoms with Crippen LogP contribution in [0.3, 0.4) is 0 Å². The smallest absolute Gasteiger partial charge is 0.326 e. The molecule has 0 aliphatic heterocycles. The molecule has 132 valence electrons. The van der Waals surface area contributed by atoms with E-state index in [0.29, 0.717) is 11.4 Å². The van der Waals surface area contributed by atoms with E-state index >= 15 is 0 Å².